The highest BCUT2D eigenvalue weighted by atomic mass is 16.3. The van der Waals surface area contributed by atoms with Gasteiger partial charge in [0.05, 0.1) is 5.69 Å². The van der Waals surface area contributed by atoms with Gasteiger partial charge in [0.2, 0.25) is 0 Å². The molecule has 0 aliphatic rings. The van der Waals surface area contributed by atoms with E-state index in [2.05, 4.69) is 193 Å². The fourth-order valence-corrected chi connectivity index (χ4v) is 8.21. The summed E-state index contributed by atoms with van der Waals surface area (Å²) in [5.41, 5.74) is 13.6. The number of para-hydroxylation sites is 2. The van der Waals surface area contributed by atoms with E-state index in [0.29, 0.717) is 0 Å². The summed E-state index contributed by atoms with van der Waals surface area (Å²) in [5, 5.41) is 6.70. The predicted octanol–water partition coefficient (Wildman–Crippen LogP) is 15.1. The van der Waals surface area contributed by atoms with Crippen LogP contribution in [0.4, 0.5) is 17.1 Å². The van der Waals surface area contributed by atoms with Crippen LogP contribution in [0.3, 0.4) is 0 Å². The van der Waals surface area contributed by atoms with Gasteiger partial charge in [0.25, 0.3) is 0 Å². The summed E-state index contributed by atoms with van der Waals surface area (Å²) in [7, 11) is 0. The molecule has 11 rings (SSSR count). The topological polar surface area (TPSA) is 29.5 Å². The Morgan fingerprint density at radius 1 is 0.291 bits per heavy atom. The summed E-state index contributed by atoms with van der Waals surface area (Å²) in [4.78, 5) is 2.30. The van der Waals surface area contributed by atoms with Crippen LogP contribution in [0, 0.1) is 0 Å². The molecule has 0 aliphatic heterocycles. The first kappa shape index (κ1) is 31.2. The first-order valence-corrected chi connectivity index (χ1v) is 18.7. The van der Waals surface area contributed by atoms with Crippen LogP contribution in [0.15, 0.2) is 209 Å². The smallest absolute Gasteiger partial charge is 0.159 e. The van der Waals surface area contributed by atoms with Crippen molar-refractivity contribution in [2.24, 2.45) is 0 Å². The zero-order valence-electron chi connectivity index (χ0n) is 29.8. The van der Waals surface area contributed by atoms with Crippen molar-refractivity contribution in [2.75, 3.05) is 4.90 Å². The highest BCUT2D eigenvalue weighted by Gasteiger charge is 2.21. The van der Waals surface area contributed by atoms with Gasteiger partial charge in [-0.1, -0.05) is 146 Å². The van der Waals surface area contributed by atoms with E-state index >= 15 is 0 Å². The second-order valence-electron chi connectivity index (χ2n) is 14.1. The third kappa shape index (κ3) is 5.20. The number of furan rings is 2. The molecule has 0 N–H and O–H groups in total. The quantitative estimate of drug-likeness (QED) is 0.173. The van der Waals surface area contributed by atoms with E-state index in [0.717, 1.165) is 77.3 Å². The molecule has 0 unspecified atom stereocenters. The van der Waals surface area contributed by atoms with Crippen LogP contribution in [-0.2, 0) is 0 Å². The molecule has 0 spiro atoms. The second-order valence-corrected chi connectivity index (χ2v) is 14.1. The lowest BCUT2D eigenvalue weighted by atomic mass is 9.94. The van der Waals surface area contributed by atoms with Crippen LogP contribution in [0.25, 0.3) is 88.0 Å². The highest BCUT2D eigenvalue weighted by molar-refractivity contribution is 6.19. The summed E-state index contributed by atoms with van der Waals surface area (Å²) >= 11 is 0. The number of fused-ring (bicyclic) bond motifs is 8. The average molecular weight is 704 g/mol. The van der Waals surface area contributed by atoms with E-state index in [-0.39, 0.29) is 0 Å². The monoisotopic (exact) mass is 703 g/mol. The maximum atomic E-state index is 6.60. The van der Waals surface area contributed by atoms with Gasteiger partial charge < -0.3 is 13.7 Å². The Hall–Kier alpha value is -7.36. The molecule has 0 saturated carbocycles. The molecule has 9 aromatic carbocycles. The van der Waals surface area contributed by atoms with Crippen molar-refractivity contribution in [3.05, 3.63) is 200 Å². The number of benzene rings is 9. The maximum absolute atomic E-state index is 6.60. The molecule has 0 aliphatic carbocycles. The van der Waals surface area contributed by atoms with Crippen molar-refractivity contribution in [1.82, 2.24) is 0 Å². The first-order chi connectivity index (χ1) is 27.3. The molecule has 0 saturated heterocycles. The molecule has 55 heavy (non-hydrogen) atoms. The Labute approximate surface area is 317 Å². The van der Waals surface area contributed by atoms with E-state index in [1.165, 1.54) is 27.8 Å². The second kappa shape index (κ2) is 12.6. The van der Waals surface area contributed by atoms with E-state index in [1.54, 1.807) is 0 Å². The van der Waals surface area contributed by atoms with Crippen LogP contribution >= 0.6 is 0 Å². The molecule has 2 aromatic heterocycles. The Balaban J connectivity index is 1.07. The van der Waals surface area contributed by atoms with Gasteiger partial charge in [0, 0.05) is 38.3 Å². The van der Waals surface area contributed by atoms with Gasteiger partial charge in [-0.05, 0) is 93.4 Å². The Morgan fingerprint density at radius 2 is 0.800 bits per heavy atom. The molecule has 258 valence electrons. The van der Waals surface area contributed by atoms with Crippen LogP contribution in [-0.4, -0.2) is 0 Å². The number of hydrogen-bond acceptors (Lipinski definition) is 3. The van der Waals surface area contributed by atoms with Gasteiger partial charge in [0.15, 0.2) is 5.58 Å². The van der Waals surface area contributed by atoms with Gasteiger partial charge in [-0.3, -0.25) is 0 Å². The fourth-order valence-electron chi connectivity index (χ4n) is 8.21. The van der Waals surface area contributed by atoms with E-state index in [4.69, 9.17) is 8.83 Å². The van der Waals surface area contributed by atoms with Crippen molar-refractivity contribution >= 4 is 71.7 Å². The van der Waals surface area contributed by atoms with Gasteiger partial charge in [-0.2, -0.15) is 0 Å². The van der Waals surface area contributed by atoms with Gasteiger partial charge in [0.1, 0.15) is 16.7 Å². The van der Waals surface area contributed by atoms with Crippen molar-refractivity contribution in [3.8, 4) is 33.4 Å². The standard InChI is InChI=1S/C52H33NO2/c1-3-12-34(13-4-1)36-22-27-39(28-23-36)53(48-20-11-19-44-42-17-9-10-21-49(42)55-52(44)48)40-29-24-37(25-30-40)45-33-47-46-32-38(35-14-5-2-6-15-35)26-31-50(46)54-51(47)43-18-8-7-16-41(43)45/h1-33H. The van der Waals surface area contributed by atoms with Crippen LogP contribution in [0.2, 0.25) is 0 Å². The summed E-state index contributed by atoms with van der Waals surface area (Å²) < 4.78 is 13.2. The van der Waals surface area contributed by atoms with Crippen molar-refractivity contribution in [2.45, 2.75) is 0 Å². The van der Waals surface area contributed by atoms with Crippen LogP contribution in [0.5, 0.6) is 0 Å². The molecular formula is C52H33NO2. The Bertz CT molecular complexity index is 3180. The molecular weight excluding hydrogens is 671 g/mol. The Morgan fingerprint density at radius 3 is 1.53 bits per heavy atom. The zero-order valence-corrected chi connectivity index (χ0v) is 29.8. The number of anilines is 3. The van der Waals surface area contributed by atoms with Crippen molar-refractivity contribution in [1.29, 1.82) is 0 Å². The number of hydrogen-bond donors (Lipinski definition) is 0. The van der Waals surface area contributed by atoms with Gasteiger partial charge in [-0.25, -0.2) is 0 Å². The molecule has 0 atom stereocenters. The molecule has 3 heteroatoms. The minimum Gasteiger partial charge on any atom is -0.455 e. The molecule has 2 heterocycles. The average Bonchev–Trinajstić information content (AvgIpc) is 3.83. The molecule has 0 fully saturated rings. The van der Waals surface area contributed by atoms with Crippen molar-refractivity contribution < 1.29 is 8.83 Å². The normalized spacial score (nSPS) is 11.6. The lowest BCUT2D eigenvalue weighted by Crippen LogP contribution is -2.10. The predicted molar refractivity (Wildman–Crippen MR) is 229 cm³/mol. The lowest BCUT2D eigenvalue weighted by Gasteiger charge is -2.26. The lowest BCUT2D eigenvalue weighted by molar-refractivity contribution is 0.669. The summed E-state index contributed by atoms with van der Waals surface area (Å²) in [6.07, 6.45) is 0. The van der Waals surface area contributed by atoms with E-state index < -0.39 is 0 Å². The van der Waals surface area contributed by atoms with E-state index in [9.17, 15) is 0 Å². The maximum Gasteiger partial charge on any atom is 0.159 e. The Kier molecular flexibility index (Phi) is 7.17. The molecule has 11 aromatic rings. The fraction of sp³-hybridized carbons (Fsp3) is 0. The van der Waals surface area contributed by atoms with E-state index in [1.807, 2.05) is 12.1 Å². The molecule has 0 bridgehead atoms. The summed E-state index contributed by atoms with van der Waals surface area (Å²) in [6, 6.07) is 70.9. The third-order valence-electron chi connectivity index (χ3n) is 10.9. The highest BCUT2D eigenvalue weighted by Crippen LogP contribution is 2.45. The molecule has 3 nitrogen and oxygen atoms in total. The molecule has 0 amide bonds. The summed E-state index contributed by atoms with van der Waals surface area (Å²) in [5.74, 6) is 0. The zero-order chi connectivity index (χ0) is 36.3. The van der Waals surface area contributed by atoms with Gasteiger partial charge in [-0.15, -0.1) is 0 Å². The van der Waals surface area contributed by atoms with Crippen molar-refractivity contribution in [3.63, 3.8) is 0 Å². The third-order valence-corrected chi connectivity index (χ3v) is 10.9. The largest absolute Gasteiger partial charge is 0.455 e. The number of rotatable bonds is 6. The first-order valence-electron chi connectivity index (χ1n) is 18.7. The SMILES string of the molecule is c1ccc(-c2ccc(N(c3ccc(-c4cc5c6cc(-c7ccccc7)ccc6oc5c5ccccc45)cc3)c3cccc4c3oc3ccccc34)cc2)cc1. The molecule has 0 radical (unpaired) electrons. The summed E-state index contributed by atoms with van der Waals surface area (Å²) in [6.45, 7) is 0. The minimum atomic E-state index is 0.859. The van der Waals surface area contributed by atoms with Crippen LogP contribution < -0.4 is 4.90 Å². The van der Waals surface area contributed by atoms with Crippen LogP contribution in [0.1, 0.15) is 0 Å². The van der Waals surface area contributed by atoms with Gasteiger partial charge >= 0.3 is 0 Å². The minimum absolute atomic E-state index is 0.859. The number of nitrogens with zero attached hydrogens (tertiary/aromatic N) is 1.